The SMILES string of the molecule is CC1(O)CC(N)(c2ccc(-c3nc4c(cc3-c3ccccc3)-n3c(n[nH]c3=O)CO4)cc2)C1. The van der Waals surface area contributed by atoms with E-state index in [1.807, 2.05) is 67.6 Å². The summed E-state index contributed by atoms with van der Waals surface area (Å²) in [5, 5.41) is 16.7. The van der Waals surface area contributed by atoms with Gasteiger partial charge in [-0.2, -0.15) is 5.10 Å². The maximum atomic E-state index is 12.4. The van der Waals surface area contributed by atoms with Crippen LogP contribution in [0.1, 0.15) is 31.2 Å². The van der Waals surface area contributed by atoms with E-state index in [1.54, 1.807) is 0 Å². The number of nitrogens with two attached hydrogens (primary N) is 1. The van der Waals surface area contributed by atoms with Crippen molar-refractivity contribution in [2.75, 3.05) is 0 Å². The molecule has 0 radical (unpaired) electrons. The number of aliphatic hydroxyl groups is 1. The lowest BCUT2D eigenvalue weighted by Gasteiger charge is -2.49. The van der Waals surface area contributed by atoms with Crippen LogP contribution in [0.4, 0.5) is 0 Å². The van der Waals surface area contributed by atoms with Crippen molar-refractivity contribution in [3.8, 4) is 34.0 Å². The Morgan fingerprint density at radius 2 is 1.82 bits per heavy atom. The number of hydrogen-bond acceptors (Lipinski definition) is 6. The van der Waals surface area contributed by atoms with Gasteiger partial charge in [0.05, 0.1) is 11.3 Å². The van der Waals surface area contributed by atoms with Crippen LogP contribution >= 0.6 is 0 Å². The van der Waals surface area contributed by atoms with Gasteiger partial charge in [-0.05, 0) is 37.0 Å². The molecule has 1 saturated carbocycles. The molecule has 33 heavy (non-hydrogen) atoms. The normalized spacial score (nSPS) is 23.2. The molecule has 3 heterocycles. The number of rotatable bonds is 3. The second kappa shape index (κ2) is 6.87. The zero-order valence-electron chi connectivity index (χ0n) is 18.1. The average Bonchev–Trinajstić information content (AvgIpc) is 3.19. The van der Waals surface area contributed by atoms with Crippen LogP contribution in [0, 0.1) is 0 Å². The van der Waals surface area contributed by atoms with Gasteiger partial charge in [-0.3, -0.25) is 0 Å². The Kier molecular flexibility index (Phi) is 4.14. The fraction of sp³-hybridized carbons (Fsp3) is 0.240. The summed E-state index contributed by atoms with van der Waals surface area (Å²) in [6.45, 7) is 1.98. The minimum atomic E-state index is -0.713. The lowest BCUT2D eigenvalue weighted by atomic mass is 9.63. The Balaban J connectivity index is 1.48. The van der Waals surface area contributed by atoms with Crippen molar-refractivity contribution in [3.63, 3.8) is 0 Å². The summed E-state index contributed by atoms with van der Waals surface area (Å²) in [6.07, 6.45) is 1.06. The molecular formula is C25H23N5O3. The minimum Gasteiger partial charge on any atom is -0.468 e. The second-order valence-electron chi connectivity index (χ2n) is 9.23. The van der Waals surface area contributed by atoms with Crippen molar-refractivity contribution in [1.29, 1.82) is 0 Å². The monoisotopic (exact) mass is 441 g/mol. The van der Waals surface area contributed by atoms with Gasteiger partial charge < -0.3 is 15.6 Å². The van der Waals surface area contributed by atoms with Crippen molar-refractivity contribution in [2.45, 2.75) is 37.5 Å². The molecule has 0 amide bonds. The third-order valence-electron chi connectivity index (χ3n) is 6.50. The molecule has 0 unspecified atom stereocenters. The highest BCUT2D eigenvalue weighted by Gasteiger charge is 2.49. The molecule has 1 fully saturated rings. The van der Waals surface area contributed by atoms with E-state index in [4.69, 9.17) is 15.5 Å². The van der Waals surface area contributed by atoms with Crippen molar-refractivity contribution >= 4 is 0 Å². The van der Waals surface area contributed by atoms with Gasteiger partial charge in [-0.1, -0.05) is 54.6 Å². The topological polar surface area (TPSA) is 119 Å². The lowest BCUT2D eigenvalue weighted by Crippen LogP contribution is -2.58. The van der Waals surface area contributed by atoms with Crippen LogP contribution in [0.15, 0.2) is 65.5 Å². The number of nitrogens with zero attached hydrogens (tertiary/aromatic N) is 3. The number of hydrogen-bond donors (Lipinski definition) is 3. The van der Waals surface area contributed by atoms with Gasteiger partial charge in [0.25, 0.3) is 0 Å². The van der Waals surface area contributed by atoms with Gasteiger partial charge in [0.1, 0.15) is 5.69 Å². The molecule has 0 saturated heterocycles. The van der Waals surface area contributed by atoms with E-state index >= 15 is 0 Å². The summed E-state index contributed by atoms with van der Waals surface area (Å²) >= 11 is 0. The lowest BCUT2D eigenvalue weighted by molar-refractivity contribution is -0.0738. The standard InChI is InChI=1S/C25H23N5O3/c1-24(32)13-25(26,14-24)17-9-7-16(8-10-17)21-18(15-5-3-2-4-6-15)11-19-22(27-21)33-12-20-28-29-23(31)30(19)20/h2-11,32H,12-14,26H2,1H3,(H,29,31). The summed E-state index contributed by atoms with van der Waals surface area (Å²) < 4.78 is 7.35. The predicted octanol–water partition coefficient (Wildman–Crippen LogP) is 2.88. The van der Waals surface area contributed by atoms with Gasteiger partial charge in [0.2, 0.25) is 5.88 Å². The summed E-state index contributed by atoms with van der Waals surface area (Å²) in [5.74, 6) is 0.894. The molecule has 1 aliphatic carbocycles. The molecule has 8 nitrogen and oxygen atoms in total. The van der Waals surface area contributed by atoms with E-state index in [1.165, 1.54) is 4.57 Å². The van der Waals surface area contributed by atoms with Crippen LogP contribution in [0.2, 0.25) is 0 Å². The number of benzene rings is 2. The summed E-state index contributed by atoms with van der Waals surface area (Å²) in [4.78, 5) is 17.2. The van der Waals surface area contributed by atoms with Crippen molar-refractivity contribution in [2.24, 2.45) is 5.73 Å². The molecule has 0 atom stereocenters. The number of H-pyrrole nitrogens is 1. The number of pyridine rings is 1. The summed E-state index contributed by atoms with van der Waals surface area (Å²) in [6, 6.07) is 19.8. The van der Waals surface area contributed by atoms with E-state index in [9.17, 15) is 9.90 Å². The maximum Gasteiger partial charge on any atom is 0.348 e. The van der Waals surface area contributed by atoms with E-state index in [2.05, 4.69) is 10.2 Å². The fourth-order valence-corrected chi connectivity index (χ4v) is 5.09. The Morgan fingerprint density at radius 1 is 1.09 bits per heavy atom. The number of ether oxygens (including phenoxy) is 1. The molecule has 4 N–H and O–H groups in total. The highest BCUT2D eigenvalue weighted by Crippen LogP contribution is 2.46. The first-order valence-electron chi connectivity index (χ1n) is 10.9. The van der Waals surface area contributed by atoms with Gasteiger partial charge in [-0.25, -0.2) is 19.4 Å². The van der Waals surface area contributed by atoms with Crippen LogP contribution in [0.25, 0.3) is 28.1 Å². The van der Waals surface area contributed by atoms with Gasteiger partial charge in [-0.15, -0.1) is 0 Å². The maximum absolute atomic E-state index is 12.4. The number of nitrogens with one attached hydrogen (secondary N) is 1. The number of aromatic nitrogens is 4. The Hall–Kier alpha value is -3.75. The van der Waals surface area contributed by atoms with Crippen LogP contribution in [0.5, 0.6) is 5.88 Å². The van der Waals surface area contributed by atoms with Gasteiger partial charge in [0, 0.05) is 16.7 Å². The third-order valence-corrected chi connectivity index (χ3v) is 6.50. The third kappa shape index (κ3) is 3.18. The van der Waals surface area contributed by atoms with E-state index in [-0.39, 0.29) is 12.3 Å². The van der Waals surface area contributed by atoms with Gasteiger partial charge >= 0.3 is 5.69 Å². The first kappa shape index (κ1) is 19.9. The molecular weight excluding hydrogens is 418 g/mol. The molecule has 166 valence electrons. The van der Waals surface area contributed by atoms with Crippen LogP contribution in [-0.4, -0.2) is 30.5 Å². The van der Waals surface area contributed by atoms with Crippen LogP contribution in [0.3, 0.4) is 0 Å². The zero-order valence-corrected chi connectivity index (χ0v) is 18.1. The molecule has 2 aliphatic rings. The fourth-order valence-electron chi connectivity index (χ4n) is 5.09. The average molecular weight is 441 g/mol. The van der Waals surface area contributed by atoms with Crippen molar-refractivity contribution in [1.82, 2.24) is 19.7 Å². The smallest absolute Gasteiger partial charge is 0.348 e. The first-order chi connectivity index (χ1) is 15.8. The van der Waals surface area contributed by atoms with Crippen LogP contribution < -0.4 is 16.2 Å². The Labute approximate surface area is 189 Å². The second-order valence-corrected chi connectivity index (χ2v) is 9.23. The summed E-state index contributed by atoms with van der Waals surface area (Å²) in [5.41, 5.74) is 10.0. The zero-order chi connectivity index (χ0) is 22.8. The molecule has 8 heteroatoms. The molecule has 2 aromatic carbocycles. The largest absolute Gasteiger partial charge is 0.468 e. The highest BCUT2D eigenvalue weighted by molar-refractivity contribution is 5.83. The highest BCUT2D eigenvalue weighted by atomic mass is 16.5. The van der Waals surface area contributed by atoms with E-state index in [0.717, 1.165) is 27.9 Å². The molecule has 0 spiro atoms. The summed E-state index contributed by atoms with van der Waals surface area (Å²) in [7, 11) is 0. The van der Waals surface area contributed by atoms with Crippen molar-refractivity contribution in [3.05, 3.63) is 82.5 Å². The first-order valence-corrected chi connectivity index (χ1v) is 10.9. The van der Waals surface area contributed by atoms with E-state index in [0.29, 0.717) is 30.2 Å². The molecule has 2 aromatic heterocycles. The van der Waals surface area contributed by atoms with Crippen LogP contribution in [-0.2, 0) is 12.1 Å². The Morgan fingerprint density at radius 3 is 2.52 bits per heavy atom. The minimum absolute atomic E-state index is 0.164. The molecule has 1 aliphatic heterocycles. The van der Waals surface area contributed by atoms with Crippen molar-refractivity contribution < 1.29 is 9.84 Å². The van der Waals surface area contributed by atoms with Gasteiger partial charge in [0.15, 0.2) is 12.4 Å². The Bertz CT molecular complexity index is 1410. The molecule has 0 bridgehead atoms. The number of aromatic amines is 1. The molecule has 6 rings (SSSR count). The van der Waals surface area contributed by atoms with E-state index < -0.39 is 11.1 Å². The predicted molar refractivity (Wildman–Crippen MR) is 123 cm³/mol. The quantitative estimate of drug-likeness (QED) is 0.450. The number of fused-ring (bicyclic) bond motifs is 3. The molecule has 4 aromatic rings.